The third-order valence-corrected chi connectivity index (χ3v) is 4.48. The predicted molar refractivity (Wildman–Crippen MR) is 106 cm³/mol. The van der Waals surface area contributed by atoms with Crippen LogP contribution in [0, 0.1) is 12.8 Å². The Morgan fingerprint density at radius 2 is 1.96 bits per heavy atom. The maximum atomic E-state index is 12.4. The van der Waals surface area contributed by atoms with Crippen LogP contribution in [-0.4, -0.2) is 22.1 Å². The summed E-state index contributed by atoms with van der Waals surface area (Å²) in [5.74, 6) is 1.73. The Labute approximate surface area is 164 Å². The number of anilines is 2. The van der Waals surface area contributed by atoms with Crippen LogP contribution < -0.4 is 16.0 Å². The van der Waals surface area contributed by atoms with Gasteiger partial charge in [-0.15, -0.1) is 0 Å². The van der Waals surface area contributed by atoms with E-state index in [0.29, 0.717) is 35.4 Å². The number of hydrogen-bond acceptors (Lipinski definition) is 5. The number of carbonyl (C=O) groups excluding carboxylic acids is 2. The fourth-order valence-electron chi connectivity index (χ4n) is 2.76. The lowest BCUT2D eigenvalue weighted by atomic mass is 10.1. The van der Waals surface area contributed by atoms with Crippen molar-refractivity contribution in [3.05, 3.63) is 35.5 Å². The molecule has 0 aliphatic heterocycles. The van der Waals surface area contributed by atoms with Gasteiger partial charge in [0.1, 0.15) is 6.04 Å². The Morgan fingerprint density at radius 3 is 2.64 bits per heavy atom. The van der Waals surface area contributed by atoms with Crippen molar-refractivity contribution in [2.24, 2.45) is 5.92 Å². The monoisotopic (exact) mass is 385 g/mol. The van der Waals surface area contributed by atoms with Gasteiger partial charge in [0, 0.05) is 23.7 Å². The van der Waals surface area contributed by atoms with Gasteiger partial charge in [-0.3, -0.25) is 4.79 Å². The van der Waals surface area contributed by atoms with Gasteiger partial charge in [-0.2, -0.15) is 4.98 Å². The molecule has 0 radical (unpaired) electrons. The van der Waals surface area contributed by atoms with Crippen molar-refractivity contribution in [2.75, 3.05) is 10.6 Å². The molecule has 3 rings (SSSR count). The highest BCUT2D eigenvalue weighted by Gasteiger charge is 2.29. The first-order valence-corrected chi connectivity index (χ1v) is 9.63. The van der Waals surface area contributed by atoms with Crippen molar-refractivity contribution in [1.29, 1.82) is 0 Å². The van der Waals surface area contributed by atoms with Gasteiger partial charge in [-0.1, -0.05) is 25.1 Å². The highest BCUT2D eigenvalue weighted by molar-refractivity contribution is 5.94. The summed E-state index contributed by atoms with van der Waals surface area (Å²) in [6.07, 6.45) is 2.62. The topological polar surface area (TPSA) is 109 Å². The number of rotatable bonds is 7. The Morgan fingerprint density at radius 1 is 1.21 bits per heavy atom. The van der Waals surface area contributed by atoms with Gasteiger partial charge in [0.2, 0.25) is 11.8 Å². The summed E-state index contributed by atoms with van der Waals surface area (Å²) in [6.45, 7) is 7.66. The molecule has 0 unspecified atom stereocenters. The number of aromatic nitrogens is 2. The van der Waals surface area contributed by atoms with E-state index in [9.17, 15) is 9.59 Å². The molecule has 3 N–H and O–H groups in total. The molecule has 0 spiro atoms. The summed E-state index contributed by atoms with van der Waals surface area (Å²) in [5.41, 5.74) is 2.15. The van der Waals surface area contributed by atoms with Crippen LogP contribution in [0.1, 0.15) is 69.3 Å². The molecule has 0 saturated heterocycles. The normalized spacial score (nSPS) is 14.6. The number of urea groups is 1. The van der Waals surface area contributed by atoms with Crippen LogP contribution in [0.4, 0.5) is 16.2 Å². The molecular weight excluding hydrogens is 358 g/mol. The summed E-state index contributed by atoms with van der Waals surface area (Å²) < 4.78 is 5.25. The Balaban J connectivity index is 1.59. The third-order valence-electron chi connectivity index (χ3n) is 4.48. The first kappa shape index (κ1) is 19.9. The van der Waals surface area contributed by atoms with Crippen LogP contribution in [0.15, 0.2) is 22.7 Å². The predicted octanol–water partition coefficient (Wildman–Crippen LogP) is 4.12. The molecule has 3 amide bonds. The van der Waals surface area contributed by atoms with Crippen molar-refractivity contribution in [3.8, 4) is 0 Å². The van der Waals surface area contributed by atoms with Gasteiger partial charge < -0.3 is 20.5 Å². The van der Waals surface area contributed by atoms with E-state index >= 15 is 0 Å². The molecule has 1 aliphatic carbocycles. The zero-order valence-corrected chi connectivity index (χ0v) is 16.7. The van der Waals surface area contributed by atoms with Crippen LogP contribution in [-0.2, 0) is 4.79 Å². The molecule has 1 atom stereocenters. The molecule has 1 aliphatic rings. The van der Waals surface area contributed by atoms with Crippen molar-refractivity contribution in [1.82, 2.24) is 15.5 Å². The summed E-state index contributed by atoms with van der Waals surface area (Å²) in [5, 5.41) is 12.4. The number of nitrogens with one attached hydrogen (secondary N) is 3. The van der Waals surface area contributed by atoms with Crippen molar-refractivity contribution in [2.45, 2.75) is 58.9 Å². The highest BCUT2D eigenvalue weighted by atomic mass is 16.5. The van der Waals surface area contributed by atoms with Gasteiger partial charge in [-0.25, -0.2) is 4.79 Å². The molecule has 1 fully saturated rings. The molecule has 2 aromatic rings. The quantitative estimate of drug-likeness (QED) is 0.664. The molecule has 1 aromatic carbocycles. The Hall–Kier alpha value is -2.90. The van der Waals surface area contributed by atoms with E-state index in [1.54, 1.807) is 13.0 Å². The Bertz CT molecular complexity index is 857. The van der Waals surface area contributed by atoms with E-state index in [-0.39, 0.29) is 17.9 Å². The molecule has 1 heterocycles. The lowest BCUT2D eigenvalue weighted by Crippen LogP contribution is -2.31. The Kier molecular flexibility index (Phi) is 5.96. The van der Waals surface area contributed by atoms with Crippen molar-refractivity contribution < 1.29 is 14.1 Å². The first-order valence-electron chi connectivity index (χ1n) is 9.63. The second-order valence-electron chi connectivity index (χ2n) is 7.76. The van der Waals surface area contributed by atoms with E-state index in [1.165, 1.54) is 0 Å². The number of amides is 3. The van der Waals surface area contributed by atoms with Crippen LogP contribution in [0.5, 0.6) is 0 Å². The minimum absolute atomic E-state index is 0.0502. The SMILES string of the molecule is Cc1ccc(NC(=O)CC(C)C)cc1NC(=O)N[C@H](C)c1nc(C2CC2)no1. The van der Waals surface area contributed by atoms with Gasteiger partial charge in [0.25, 0.3) is 0 Å². The van der Waals surface area contributed by atoms with Gasteiger partial charge >= 0.3 is 6.03 Å². The largest absolute Gasteiger partial charge is 0.337 e. The van der Waals surface area contributed by atoms with E-state index in [0.717, 1.165) is 18.4 Å². The first-order chi connectivity index (χ1) is 13.3. The van der Waals surface area contributed by atoms with Crippen LogP contribution in [0.25, 0.3) is 0 Å². The van der Waals surface area contributed by atoms with E-state index in [4.69, 9.17) is 4.52 Å². The summed E-state index contributed by atoms with van der Waals surface area (Å²) >= 11 is 0. The zero-order chi connectivity index (χ0) is 20.3. The molecule has 28 heavy (non-hydrogen) atoms. The molecular formula is C20H27N5O3. The van der Waals surface area contributed by atoms with Gasteiger partial charge in [0.15, 0.2) is 5.82 Å². The van der Waals surface area contributed by atoms with Gasteiger partial charge in [0.05, 0.1) is 0 Å². The fourth-order valence-corrected chi connectivity index (χ4v) is 2.76. The number of nitrogens with zero attached hydrogens (tertiary/aromatic N) is 2. The number of aryl methyl sites for hydroxylation is 1. The second kappa shape index (κ2) is 8.41. The highest BCUT2D eigenvalue weighted by Crippen LogP contribution is 2.38. The number of benzene rings is 1. The summed E-state index contributed by atoms with van der Waals surface area (Å²) in [7, 11) is 0. The average Bonchev–Trinajstić information content (AvgIpc) is 3.33. The smallest absolute Gasteiger partial charge is 0.319 e. The van der Waals surface area contributed by atoms with Crippen LogP contribution in [0.3, 0.4) is 0 Å². The van der Waals surface area contributed by atoms with Crippen LogP contribution >= 0.6 is 0 Å². The van der Waals surface area contributed by atoms with Gasteiger partial charge in [-0.05, 0) is 50.3 Å². The molecule has 1 aromatic heterocycles. The molecule has 150 valence electrons. The number of carbonyl (C=O) groups is 2. The minimum Gasteiger partial charge on any atom is -0.337 e. The maximum Gasteiger partial charge on any atom is 0.319 e. The number of hydrogen-bond donors (Lipinski definition) is 3. The molecule has 8 heteroatoms. The van der Waals surface area contributed by atoms with Crippen molar-refractivity contribution in [3.63, 3.8) is 0 Å². The van der Waals surface area contributed by atoms with Crippen molar-refractivity contribution >= 4 is 23.3 Å². The average molecular weight is 385 g/mol. The zero-order valence-electron chi connectivity index (χ0n) is 16.7. The maximum absolute atomic E-state index is 12.4. The molecule has 1 saturated carbocycles. The van der Waals surface area contributed by atoms with E-state index in [1.807, 2.05) is 32.9 Å². The molecule has 8 nitrogen and oxygen atoms in total. The lowest BCUT2D eigenvalue weighted by Gasteiger charge is -2.14. The minimum atomic E-state index is -0.408. The lowest BCUT2D eigenvalue weighted by molar-refractivity contribution is -0.116. The van der Waals surface area contributed by atoms with E-state index < -0.39 is 6.04 Å². The summed E-state index contributed by atoms with van der Waals surface area (Å²) in [4.78, 5) is 28.7. The summed E-state index contributed by atoms with van der Waals surface area (Å²) in [6, 6.07) is 4.62. The molecule has 0 bridgehead atoms. The second-order valence-corrected chi connectivity index (χ2v) is 7.76. The third kappa shape index (κ3) is 5.31. The van der Waals surface area contributed by atoms with E-state index in [2.05, 4.69) is 26.1 Å². The fraction of sp³-hybridized carbons (Fsp3) is 0.500. The standard InChI is InChI=1S/C20H27N5O3/c1-11(2)9-17(26)22-15-8-5-12(3)16(10-15)23-20(27)21-13(4)19-24-18(25-28-19)14-6-7-14/h5,8,10-11,13-14H,6-7,9H2,1-4H3,(H,22,26)(H2,21,23,27)/t13-/m1/s1. The van der Waals surface area contributed by atoms with Crippen LogP contribution in [0.2, 0.25) is 0 Å².